The second-order valence-corrected chi connectivity index (χ2v) is 5.47. The summed E-state index contributed by atoms with van der Waals surface area (Å²) in [5.74, 6) is -1.62. The van der Waals surface area contributed by atoms with E-state index in [1.807, 2.05) is 0 Å². The minimum atomic E-state index is -0.579. The second-order valence-electron chi connectivity index (χ2n) is 5.47. The lowest BCUT2D eigenvalue weighted by Gasteiger charge is -2.06. The number of rotatable bonds is 6. The van der Waals surface area contributed by atoms with Gasteiger partial charge in [0.15, 0.2) is 0 Å². The number of benzene rings is 2. The van der Waals surface area contributed by atoms with Crippen molar-refractivity contribution in [3.05, 3.63) is 59.7 Å². The molecule has 2 rings (SSSR count). The lowest BCUT2D eigenvalue weighted by Crippen LogP contribution is -2.21. The molecule has 8 nitrogen and oxygen atoms in total. The first-order valence-corrected chi connectivity index (χ1v) is 7.68. The van der Waals surface area contributed by atoms with E-state index in [0.717, 1.165) is 0 Å². The number of anilines is 1. The van der Waals surface area contributed by atoms with Crippen molar-refractivity contribution >= 4 is 29.1 Å². The van der Waals surface area contributed by atoms with Gasteiger partial charge in [-0.15, -0.1) is 0 Å². The standard InChI is InChI=1S/C18H18N4O4/c1-11(21-22-18(26)14-4-2-3-5-15(14)23)10-16(24)20-13-8-6-12(7-9-13)17(19)25/h2-9,23H,10H2,1H3,(H2,19,25)(H,20,24)(H,22,26)/b21-11-. The van der Waals surface area contributed by atoms with Crippen molar-refractivity contribution in [2.75, 3.05) is 5.32 Å². The van der Waals surface area contributed by atoms with Gasteiger partial charge in [-0.05, 0) is 43.3 Å². The van der Waals surface area contributed by atoms with Crippen molar-refractivity contribution in [2.45, 2.75) is 13.3 Å². The largest absolute Gasteiger partial charge is 0.507 e. The Labute approximate surface area is 149 Å². The lowest BCUT2D eigenvalue weighted by molar-refractivity contribution is -0.115. The summed E-state index contributed by atoms with van der Waals surface area (Å²) in [4.78, 5) is 34.9. The Hall–Kier alpha value is -3.68. The molecule has 0 fully saturated rings. The molecule has 2 aromatic rings. The molecule has 0 unspecified atom stereocenters. The van der Waals surface area contributed by atoms with Gasteiger partial charge in [-0.2, -0.15) is 5.10 Å². The highest BCUT2D eigenvalue weighted by atomic mass is 16.3. The third-order valence-electron chi connectivity index (χ3n) is 3.37. The van der Waals surface area contributed by atoms with Gasteiger partial charge in [-0.1, -0.05) is 12.1 Å². The van der Waals surface area contributed by atoms with Gasteiger partial charge >= 0.3 is 0 Å². The summed E-state index contributed by atoms with van der Waals surface area (Å²) in [6.07, 6.45) is -0.0430. The number of hydrazone groups is 1. The normalized spacial score (nSPS) is 10.9. The van der Waals surface area contributed by atoms with E-state index in [9.17, 15) is 19.5 Å². The summed E-state index contributed by atoms with van der Waals surface area (Å²) in [5, 5.41) is 16.1. The van der Waals surface area contributed by atoms with Crippen LogP contribution in [0.4, 0.5) is 5.69 Å². The molecular formula is C18H18N4O4. The van der Waals surface area contributed by atoms with Crippen molar-refractivity contribution in [3.63, 3.8) is 0 Å². The van der Waals surface area contributed by atoms with Crippen LogP contribution in [0.25, 0.3) is 0 Å². The first kappa shape index (κ1) is 18.7. The van der Waals surface area contributed by atoms with Gasteiger partial charge in [-0.3, -0.25) is 14.4 Å². The number of carbonyl (C=O) groups is 3. The smallest absolute Gasteiger partial charge is 0.275 e. The Morgan fingerprint density at radius 3 is 2.35 bits per heavy atom. The van der Waals surface area contributed by atoms with Crippen LogP contribution in [0.15, 0.2) is 53.6 Å². The van der Waals surface area contributed by atoms with Gasteiger partial charge in [-0.25, -0.2) is 5.43 Å². The lowest BCUT2D eigenvalue weighted by atomic mass is 10.2. The van der Waals surface area contributed by atoms with Crippen molar-refractivity contribution in [1.82, 2.24) is 5.43 Å². The van der Waals surface area contributed by atoms with Crippen LogP contribution in [0.5, 0.6) is 5.75 Å². The van der Waals surface area contributed by atoms with E-state index in [2.05, 4.69) is 15.8 Å². The SMILES string of the molecule is C/C(CC(=O)Nc1ccc(C(N)=O)cc1)=N/NC(=O)c1ccccc1O. The Morgan fingerprint density at radius 1 is 1.08 bits per heavy atom. The Kier molecular flexibility index (Phi) is 6.05. The van der Waals surface area contributed by atoms with Gasteiger partial charge in [0, 0.05) is 17.0 Å². The monoisotopic (exact) mass is 354 g/mol. The van der Waals surface area contributed by atoms with E-state index in [1.165, 1.54) is 24.3 Å². The average Bonchev–Trinajstić information content (AvgIpc) is 2.60. The molecule has 0 aliphatic rings. The van der Waals surface area contributed by atoms with Gasteiger partial charge in [0.05, 0.1) is 12.0 Å². The minimum absolute atomic E-state index is 0.0430. The van der Waals surface area contributed by atoms with E-state index in [-0.39, 0.29) is 23.6 Å². The molecule has 0 saturated heterocycles. The quantitative estimate of drug-likeness (QED) is 0.463. The van der Waals surface area contributed by atoms with Crippen molar-refractivity contribution in [1.29, 1.82) is 0 Å². The zero-order chi connectivity index (χ0) is 19.1. The van der Waals surface area contributed by atoms with E-state index in [4.69, 9.17) is 5.73 Å². The Morgan fingerprint density at radius 2 is 1.73 bits per heavy atom. The predicted molar refractivity (Wildman–Crippen MR) is 96.9 cm³/mol. The number of primary amides is 1. The Balaban J connectivity index is 1.89. The number of phenolic OH excluding ortho intramolecular Hbond substituents is 1. The van der Waals surface area contributed by atoms with E-state index in [1.54, 1.807) is 31.2 Å². The molecule has 0 radical (unpaired) electrons. The van der Waals surface area contributed by atoms with Crippen LogP contribution in [0.3, 0.4) is 0 Å². The number of para-hydroxylation sites is 1. The van der Waals surface area contributed by atoms with Gasteiger partial charge in [0.25, 0.3) is 5.91 Å². The average molecular weight is 354 g/mol. The van der Waals surface area contributed by atoms with Crippen molar-refractivity contribution < 1.29 is 19.5 Å². The predicted octanol–water partition coefficient (Wildman–Crippen LogP) is 1.63. The number of carbonyl (C=O) groups excluding carboxylic acids is 3. The zero-order valence-electron chi connectivity index (χ0n) is 14.0. The second kappa shape index (κ2) is 8.43. The fraction of sp³-hybridized carbons (Fsp3) is 0.111. The molecule has 0 atom stereocenters. The molecule has 5 N–H and O–H groups in total. The number of hydrogen-bond donors (Lipinski definition) is 4. The highest BCUT2D eigenvalue weighted by molar-refractivity contribution is 6.06. The molecule has 0 heterocycles. The summed E-state index contributed by atoms with van der Waals surface area (Å²) in [5.41, 5.74) is 8.74. The highest BCUT2D eigenvalue weighted by Crippen LogP contribution is 2.15. The van der Waals surface area contributed by atoms with Gasteiger partial charge in [0.1, 0.15) is 5.75 Å². The molecule has 0 aliphatic carbocycles. The number of aromatic hydroxyl groups is 1. The summed E-state index contributed by atoms with van der Waals surface area (Å²) in [6, 6.07) is 12.2. The van der Waals surface area contributed by atoms with Crippen LogP contribution >= 0.6 is 0 Å². The first-order valence-electron chi connectivity index (χ1n) is 7.68. The molecule has 134 valence electrons. The number of nitrogens with two attached hydrogens (primary N) is 1. The number of nitrogens with zero attached hydrogens (tertiary/aromatic N) is 1. The van der Waals surface area contributed by atoms with Crippen LogP contribution in [0, 0.1) is 0 Å². The molecule has 8 heteroatoms. The molecule has 0 aromatic heterocycles. The Bertz CT molecular complexity index is 860. The van der Waals surface area contributed by atoms with Crippen LogP contribution in [0.1, 0.15) is 34.1 Å². The molecule has 0 aliphatic heterocycles. The van der Waals surface area contributed by atoms with Gasteiger partial charge < -0.3 is 16.2 Å². The maximum Gasteiger partial charge on any atom is 0.275 e. The summed E-state index contributed by atoms with van der Waals surface area (Å²) >= 11 is 0. The molecule has 0 bridgehead atoms. The van der Waals surface area contributed by atoms with E-state index in [0.29, 0.717) is 17.0 Å². The van der Waals surface area contributed by atoms with Gasteiger partial charge in [0.2, 0.25) is 11.8 Å². The number of phenols is 1. The summed E-state index contributed by atoms with van der Waals surface area (Å²) < 4.78 is 0. The van der Waals surface area contributed by atoms with Crippen molar-refractivity contribution in [2.24, 2.45) is 10.8 Å². The minimum Gasteiger partial charge on any atom is -0.507 e. The maximum absolute atomic E-state index is 12.0. The molecule has 0 saturated carbocycles. The van der Waals surface area contributed by atoms with E-state index >= 15 is 0 Å². The topological polar surface area (TPSA) is 134 Å². The third-order valence-corrected chi connectivity index (χ3v) is 3.37. The summed E-state index contributed by atoms with van der Waals surface area (Å²) in [7, 11) is 0. The van der Waals surface area contributed by atoms with E-state index < -0.39 is 11.8 Å². The van der Waals surface area contributed by atoms with Crippen LogP contribution in [-0.4, -0.2) is 28.5 Å². The van der Waals surface area contributed by atoms with Crippen LogP contribution in [-0.2, 0) is 4.79 Å². The molecule has 26 heavy (non-hydrogen) atoms. The van der Waals surface area contributed by atoms with Crippen LogP contribution in [0.2, 0.25) is 0 Å². The molecule has 2 aromatic carbocycles. The fourth-order valence-corrected chi connectivity index (χ4v) is 2.07. The molecular weight excluding hydrogens is 336 g/mol. The number of nitrogens with one attached hydrogen (secondary N) is 2. The number of hydrogen-bond acceptors (Lipinski definition) is 5. The molecule has 3 amide bonds. The van der Waals surface area contributed by atoms with Crippen LogP contribution < -0.4 is 16.5 Å². The number of amides is 3. The fourth-order valence-electron chi connectivity index (χ4n) is 2.07. The molecule has 0 spiro atoms. The summed E-state index contributed by atoms with van der Waals surface area (Å²) in [6.45, 7) is 1.58. The first-order chi connectivity index (χ1) is 12.4. The highest BCUT2D eigenvalue weighted by Gasteiger charge is 2.10. The maximum atomic E-state index is 12.0. The zero-order valence-corrected chi connectivity index (χ0v) is 14.0. The third kappa shape index (κ3) is 5.17. The van der Waals surface area contributed by atoms with Crippen molar-refractivity contribution in [3.8, 4) is 5.75 Å².